The highest BCUT2D eigenvalue weighted by Gasteiger charge is 2.18. The number of hydrogen-bond donors (Lipinski definition) is 1. The lowest BCUT2D eigenvalue weighted by molar-refractivity contribution is 0.102. The molecule has 7 heteroatoms. The third kappa shape index (κ3) is 3.20. The molecule has 0 aliphatic heterocycles. The molecule has 5 nitrogen and oxygen atoms in total. The van der Waals surface area contributed by atoms with Gasteiger partial charge in [-0.1, -0.05) is 17.7 Å². The summed E-state index contributed by atoms with van der Waals surface area (Å²) in [6.45, 7) is 3.86. The number of halogens is 1. The number of hydrogen-bond acceptors (Lipinski definition) is 4. The number of carbonyl (C=O) groups is 1. The predicted molar refractivity (Wildman–Crippen MR) is 109 cm³/mol. The Kier molecular flexibility index (Phi) is 4.52. The van der Waals surface area contributed by atoms with Gasteiger partial charge in [-0.3, -0.25) is 14.0 Å². The van der Waals surface area contributed by atoms with Gasteiger partial charge in [0.15, 0.2) is 4.96 Å². The number of aromatic nitrogens is 2. The molecular formula is C21H16FN3O2S. The molecule has 140 valence electrons. The molecule has 0 aliphatic carbocycles. The number of carbonyl (C=O) groups excluding carboxylic acids is 1. The molecule has 28 heavy (non-hydrogen) atoms. The zero-order valence-corrected chi connectivity index (χ0v) is 16.0. The Morgan fingerprint density at radius 3 is 2.61 bits per heavy atom. The number of nitrogens with one attached hydrogen (secondary N) is 1. The van der Waals surface area contributed by atoms with Crippen molar-refractivity contribution in [2.24, 2.45) is 0 Å². The quantitative estimate of drug-likeness (QED) is 0.560. The van der Waals surface area contributed by atoms with Crippen molar-refractivity contribution in [3.05, 3.63) is 86.9 Å². The minimum atomic E-state index is -0.518. The van der Waals surface area contributed by atoms with Crippen LogP contribution in [0.3, 0.4) is 0 Å². The molecule has 0 bridgehead atoms. The third-order valence-corrected chi connectivity index (χ3v) is 5.30. The van der Waals surface area contributed by atoms with Gasteiger partial charge < -0.3 is 5.32 Å². The molecule has 4 aromatic rings. The summed E-state index contributed by atoms with van der Waals surface area (Å²) in [7, 11) is 0. The van der Waals surface area contributed by atoms with Crippen LogP contribution in [-0.4, -0.2) is 15.3 Å². The summed E-state index contributed by atoms with van der Waals surface area (Å²) in [6, 6.07) is 11.5. The summed E-state index contributed by atoms with van der Waals surface area (Å²) in [5, 5.41) is 4.55. The SMILES string of the molecule is Cc1ccc(NC(=O)c2cnc3scc(-c4ccc(F)cc4)n3c2=O)c(C)c1. The number of anilines is 1. The van der Waals surface area contributed by atoms with Crippen LogP contribution in [0.15, 0.2) is 58.8 Å². The molecular weight excluding hydrogens is 377 g/mol. The first-order chi connectivity index (χ1) is 13.4. The molecule has 0 spiro atoms. The Labute approximate surface area is 164 Å². The van der Waals surface area contributed by atoms with Crippen LogP contribution in [0, 0.1) is 19.7 Å². The predicted octanol–water partition coefficient (Wildman–Crippen LogP) is 4.43. The summed E-state index contributed by atoms with van der Waals surface area (Å²) >= 11 is 1.28. The van der Waals surface area contributed by atoms with Gasteiger partial charge in [0.05, 0.1) is 5.69 Å². The van der Waals surface area contributed by atoms with E-state index >= 15 is 0 Å². The van der Waals surface area contributed by atoms with Crippen molar-refractivity contribution < 1.29 is 9.18 Å². The molecule has 0 saturated heterocycles. The second-order valence-corrected chi connectivity index (χ2v) is 7.33. The number of rotatable bonds is 3. The number of thiazole rings is 1. The van der Waals surface area contributed by atoms with Crippen LogP contribution in [-0.2, 0) is 0 Å². The summed E-state index contributed by atoms with van der Waals surface area (Å²) in [5.74, 6) is -0.877. The van der Waals surface area contributed by atoms with Gasteiger partial charge in [0.2, 0.25) is 0 Å². The largest absolute Gasteiger partial charge is 0.322 e. The summed E-state index contributed by atoms with van der Waals surface area (Å²) < 4.78 is 14.6. The van der Waals surface area contributed by atoms with E-state index in [4.69, 9.17) is 0 Å². The van der Waals surface area contributed by atoms with Crippen molar-refractivity contribution in [1.29, 1.82) is 0 Å². The minimum absolute atomic E-state index is 0.0563. The molecule has 2 heterocycles. The molecule has 0 fully saturated rings. The van der Waals surface area contributed by atoms with E-state index in [2.05, 4.69) is 10.3 Å². The van der Waals surface area contributed by atoms with E-state index in [0.717, 1.165) is 11.1 Å². The average Bonchev–Trinajstić information content (AvgIpc) is 3.10. The van der Waals surface area contributed by atoms with Crippen molar-refractivity contribution in [1.82, 2.24) is 9.38 Å². The average molecular weight is 393 g/mol. The first-order valence-corrected chi connectivity index (χ1v) is 9.46. The first-order valence-electron chi connectivity index (χ1n) is 8.58. The lowest BCUT2D eigenvalue weighted by Crippen LogP contribution is -2.26. The maximum Gasteiger partial charge on any atom is 0.271 e. The normalized spacial score (nSPS) is 11.0. The first kappa shape index (κ1) is 18.1. The van der Waals surface area contributed by atoms with E-state index < -0.39 is 11.5 Å². The Morgan fingerprint density at radius 2 is 1.89 bits per heavy atom. The molecule has 4 rings (SSSR count). The molecule has 0 atom stereocenters. The van der Waals surface area contributed by atoms with E-state index in [1.165, 1.54) is 34.1 Å². The van der Waals surface area contributed by atoms with Gasteiger partial charge in [0, 0.05) is 17.3 Å². The fourth-order valence-electron chi connectivity index (χ4n) is 3.01. The van der Waals surface area contributed by atoms with Crippen molar-refractivity contribution in [2.75, 3.05) is 5.32 Å². The van der Waals surface area contributed by atoms with E-state index in [-0.39, 0.29) is 11.4 Å². The lowest BCUT2D eigenvalue weighted by Gasteiger charge is -2.09. The highest BCUT2D eigenvalue weighted by Crippen LogP contribution is 2.24. The molecule has 2 aromatic carbocycles. The van der Waals surface area contributed by atoms with Crippen LogP contribution in [0.2, 0.25) is 0 Å². The van der Waals surface area contributed by atoms with Crippen molar-refractivity contribution in [3.63, 3.8) is 0 Å². The van der Waals surface area contributed by atoms with Crippen molar-refractivity contribution >= 4 is 27.9 Å². The lowest BCUT2D eigenvalue weighted by atomic mass is 10.1. The topological polar surface area (TPSA) is 63.5 Å². The van der Waals surface area contributed by atoms with Crippen LogP contribution < -0.4 is 10.9 Å². The van der Waals surface area contributed by atoms with Crippen LogP contribution in [0.5, 0.6) is 0 Å². The molecule has 0 radical (unpaired) electrons. The summed E-state index contributed by atoms with van der Waals surface area (Å²) in [5.41, 5.74) is 3.35. The fraction of sp³-hybridized carbons (Fsp3) is 0.0952. The maximum atomic E-state index is 13.2. The van der Waals surface area contributed by atoms with E-state index in [1.807, 2.05) is 26.0 Å². The van der Waals surface area contributed by atoms with Gasteiger partial charge >= 0.3 is 0 Å². The summed E-state index contributed by atoms with van der Waals surface area (Å²) in [6.07, 6.45) is 1.29. The van der Waals surface area contributed by atoms with Gasteiger partial charge in [-0.25, -0.2) is 9.37 Å². The fourth-order valence-corrected chi connectivity index (χ4v) is 3.87. The van der Waals surface area contributed by atoms with Crippen molar-refractivity contribution in [2.45, 2.75) is 13.8 Å². The van der Waals surface area contributed by atoms with Gasteiger partial charge in [0.25, 0.3) is 11.5 Å². The number of amides is 1. The second kappa shape index (κ2) is 7.01. The molecule has 0 aliphatic rings. The Morgan fingerprint density at radius 1 is 1.14 bits per heavy atom. The number of benzene rings is 2. The van der Waals surface area contributed by atoms with Crippen LogP contribution in [0.1, 0.15) is 21.5 Å². The van der Waals surface area contributed by atoms with Gasteiger partial charge in [-0.2, -0.15) is 0 Å². The molecule has 0 unspecified atom stereocenters. The number of aryl methyl sites for hydroxylation is 2. The highest BCUT2D eigenvalue weighted by molar-refractivity contribution is 7.15. The molecule has 0 saturated carbocycles. The van der Waals surface area contributed by atoms with Gasteiger partial charge in [0.1, 0.15) is 11.4 Å². The third-order valence-electron chi connectivity index (χ3n) is 4.46. The summed E-state index contributed by atoms with van der Waals surface area (Å²) in [4.78, 5) is 30.5. The zero-order valence-electron chi connectivity index (χ0n) is 15.2. The van der Waals surface area contributed by atoms with Crippen LogP contribution >= 0.6 is 11.3 Å². The van der Waals surface area contributed by atoms with E-state index in [9.17, 15) is 14.0 Å². The van der Waals surface area contributed by atoms with E-state index in [0.29, 0.717) is 21.9 Å². The number of nitrogens with zero attached hydrogens (tertiary/aromatic N) is 2. The highest BCUT2D eigenvalue weighted by atomic mass is 32.1. The Hall–Kier alpha value is -3.32. The van der Waals surface area contributed by atoms with E-state index in [1.54, 1.807) is 23.6 Å². The molecule has 1 amide bonds. The monoisotopic (exact) mass is 393 g/mol. The Balaban J connectivity index is 1.77. The molecule has 2 aromatic heterocycles. The minimum Gasteiger partial charge on any atom is -0.322 e. The zero-order chi connectivity index (χ0) is 19.8. The molecule has 1 N–H and O–H groups in total. The standard InChI is InChI=1S/C21H16FN3O2S/c1-12-3-8-17(13(2)9-12)24-19(26)16-10-23-21-25(20(16)27)18(11-28-21)14-4-6-15(22)7-5-14/h3-11H,1-2H3,(H,24,26). The smallest absolute Gasteiger partial charge is 0.271 e. The van der Waals surface area contributed by atoms with Crippen LogP contribution in [0.4, 0.5) is 10.1 Å². The number of fused-ring (bicyclic) bond motifs is 1. The van der Waals surface area contributed by atoms with Crippen molar-refractivity contribution in [3.8, 4) is 11.3 Å². The van der Waals surface area contributed by atoms with Gasteiger partial charge in [-0.15, -0.1) is 11.3 Å². The van der Waals surface area contributed by atoms with Crippen LogP contribution in [0.25, 0.3) is 16.2 Å². The second-order valence-electron chi connectivity index (χ2n) is 6.50. The maximum absolute atomic E-state index is 13.2. The van der Waals surface area contributed by atoms with Gasteiger partial charge in [-0.05, 0) is 55.3 Å². The Bertz CT molecular complexity index is 1260.